The van der Waals surface area contributed by atoms with Gasteiger partial charge in [0.1, 0.15) is 6.04 Å². The van der Waals surface area contributed by atoms with Crippen LogP contribution in [0.15, 0.2) is 12.7 Å². The lowest BCUT2D eigenvalue weighted by Crippen LogP contribution is -2.47. The van der Waals surface area contributed by atoms with E-state index in [1.54, 1.807) is 0 Å². The molecule has 3 atom stereocenters. The number of unbranched alkanes of at least 4 members (excludes halogenated alkanes) is 1. The minimum absolute atomic E-state index is 0.0419. The lowest BCUT2D eigenvalue weighted by Gasteiger charge is -2.28. The molecule has 2 N–H and O–H groups in total. The van der Waals surface area contributed by atoms with Gasteiger partial charge in [-0.05, 0) is 50.4 Å². The topological polar surface area (TPSA) is 66.4 Å². The molecule has 0 radical (unpaired) electrons. The van der Waals surface area contributed by atoms with E-state index in [0.717, 1.165) is 51.4 Å². The molecule has 0 unspecified atom stereocenters. The van der Waals surface area contributed by atoms with Crippen molar-refractivity contribution in [1.82, 2.24) is 5.32 Å². The number of rotatable bonds is 8. The molecular formula is C17H27NO3. The quantitative estimate of drug-likeness (QED) is 0.534. The first-order valence-corrected chi connectivity index (χ1v) is 8.27. The molecule has 2 rings (SSSR count). The van der Waals surface area contributed by atoms with E-state index in [9.17, 15) is 14.7 Å². The van der Waals surface area contributed by atoms with Gasteiger partial charge in [0.25, 0.3) is 0 Å². The molecule has 21 heavy (non-hydrogen) atoms. The molecule has 118 valence electrons. The fraction of sp³-hybridized carbons (Fsp3) is 0.765. The number of aliphatic carboxylic acids is 1. The maximum absolute atomic E-state index is 12.2. The normalized spacial score (nSPS) is 26.9. The summed E-state index contributed by atoms with van der Waals surface area (Å²) >= 11 is 0. The van der Waals surface area contributed by atoms with Crippen LogP contribution in [0, 0.1) is 17.8 Å². The average molecular weight is 293 g/mol. The summed E-state index contributed by atoms with van der Waals surface area (Å²) < 4.78 is 0. The number of carboxylic acid groups (broad SMARTS) is 1. The van der Waals surface area contributed by atoms with Crippen molar-refractivity contribution < 1.29 is 14.7 Å². The third-order valence-corrected chi connectivity index (χ3v) is 4.93. The first-order valence-electron chi connectivity index (χ1n) is 8.27. The zero-order valence-corrected chi connectivity index (χ0v) is 12.7. The van der Waals surface area contributed by atoms with Crippen LogP contribution >= 0.6 is 0 Å². The minimum Gasteiger partial charge on any atom is -0.480 e. The molecule has 1 amide bonds. The summed E-state index contributed by atoms with van der Waals surface area (Å²) in [5.74, 6) is -0.320. The molecule has 2 saturated carbocycles. The van der Waals surface area contributed by atoms with Gasteiger partial charge in [0, 0.05) is 5.92 Å². The van der Waals surface area contributed by atoms with E-state index in [0.29, 0.717) is 5.92 Å². The van der Waals surface area contributed by atoms with Crippen LogP contribution in [0.3, 0.4) is 0 Å². The zero-order valence-electron chi connectivity index (χ0n) is 12.7. The van der Waals surface area contributed by atoms with E-state index >= 15 is 0 Å². The molecule has 0 saturated heterocycles. The standard InChI is InChI=1S/C17H27NO3/c1-2-3-5-10-13-11-14(13)16(19)18-15(17(20)21)12-8-6-4-7-9-12/h2,12-15H,1,3-11H2,(H,18,19)(H,20,21)/t13-,14+,15-/m0/s1. The first-order chi connectivity index (χ1) is 10.1. The summed E-state index contributed by atoms with van der Waals surface area (Å²) in [6, 6.07) is -0.688. The second-order valence-corrected chi connectivity index (χ2v) is 6.54. The van der Waals surface area contributed by atoms with Crippen LogP contribution in [-0.4, -0.2) is 23.0 Å². The predicted octanol–water partition coefficient (Wildman–Crippen LogP) is 3.13. The smallest absolute Gasteiger partial charge is 0.326 e. The molecule has 4 heteroatoms. The highest BCUT2D eigenvalue weighted by Gasteiger charge is 2.44. The molecule has 2 fully saturated rings. The average Bonchev–Trinajstić information content (AvgIpc) is 3.25. The van der Waals surface area contributed by atoms with Gasteiger partial charge in [0.05, 0.1) is 0 Å². The molecular weight excluding hydrogens is 266 g/mol. The number of amides is 1. The second-order valence-electron chi connectivity index (χ2n) is 6.54. The Morgan fingerprint density at radius 1 is 1.29 bits per heavy atom. The van der Waals surface area contributed by atoms with Gasteiger partial charge in [0.15, 0.2) is 0 Å². The Hall–Kier alpha value is -1.32. The van der Waals surface area contributed by atoms with E-state index < -0.39 is 12.0 Å². The van der Waals surface area contributed by atoms with Gasteiger partial charge in [-0.3, -0.25) is 4.79 Å². The molecule has 0 aromatic rings. The summed E-state index contributed by atoms with van der Waals surface area (Å²) in [6.45, 7) is 3.70. The van der Waals surface area contributed by atoms with Crippen LogP contribution in [0.5, 0.6) is 0 Å². The highest BCUT2D eigenvalue weighted by atomic mass is 16.4. The number of carboxylic acids is 1. The van der Waals surface area contributed by atoms with Gasteiger partial charge < -0.3 is 10.4 Å². The van der Waals surface area contributed by atoms with Crippen LogP contribution < -0.4 is 5.32 Å². The molecule has 2 aliphatic rings. The molecule has 0 aromatic heterocycles. The Labute approximate surface area is 127 Å². The second kappa shape index (κ2) is 7.62. The minimum atomic E-state index is -0.876. The maximum atomic E-state index is 12.2. The van der Waals surface area contributed by atoms with Gasteiger partial charge in [-0.15, -0.1) is 6.58 Å². The van der Waals surface area contributed by atoms with Crippen molar-refractivity contribution in [3.05, 3.63) is 12.7 Å². The third-order valence-electron chi connectivity index (χ3n) is 4.93. The van der Waals surface area contributed by atoms with E-state index in [-0.39, 0.29) is 17.7 Å². The largest absolute Gasteiger partial charge is 0.480 e. The van der Waals surface area contributed by atoms with E-state index in [4.69, 9.17) is 0 Å². The van der Waals surface area contributed by atoms with Crippen molar-refractivity contribution in [2.75, 3.05) is 0 Å². The fourth-order valence-corrected chi connectivity index (χ4v) is 3.52. The lowest BCUT2D eigenvalue weighted by molar-refractivity contribution is -0.144. The van der Waals surface area contributed by atoms with E-state index in [2.05, 4.69) is 11.9 Å². The zero-order chi connectivity index (χ0) is 15.2. The molecule has 0 aliphatic heterocycles. The van der Waals surface area contributed by atoms with E-state index in [1.165, 1.54) is 6.42 Å². The van der Waals surface area contributed by atoms with Crippen molar-refractivity contribution in [1.29, 1.82) is 0 Å². The summed E-state index contributed by atoms with van der Waals surface area (Å²) in [6.07, 6.45) is 11.1. The SMILES string of the molecule is C=CCCC[C@H]1C[C@H]1C(=O)N[C@H](C(=O)O)C1CCCCC1. The molecule has 0 bridgehead atoms. The van der Waals surface area contributed by atoms with E-state index in [1.807, 2.05) is 6.08 Å². The maximum Gasteiger partial charge on any atom is 0.326 e. The Kier molecular flexibility index (Phi) is 5.83. The number of hydrogen-bond donors (Lipinski definition) is 2. The van der Waals surface area contributed by atoms with Crippen molar-refractivity contribution >= 4 is 11.9 Å². The Balaban J connectivity index is 1.79. The van der Waals surface area contributed by atoms with Gasteiger partial charge in [0.2, 0.25) is 5.91 Å². The fourth-order valence-electron chi connectivity index (χ4n) is 3.52. The molecule has 2 aliphatic carbocycles. The van der Waals surface area contributed by atoms with Gasteiger partial charge in [-0.2, -0.15) is 0 Å². The van der Waals surface area contributed by atoms with Gasteiger partial charge in [-0.1, -0.05) is 25.3 Å². The van der Waals surface area contributed by atoms with Crippen molar-refractivity contribution in [2.24, 2.45) is 17.8 Å². The lowest BCUT2D eigenvalue weighted by atomic mass is 9.84. The number of nitrogens with one attached hydrogen (secondary N) is 1. The first kappa shape index (κ1) is 16.1. The monoisotopic (exact) mass is 293 g/mol. The van der Waals surface area contributed by atoms with Crippen molar-refractivity contribution in [3.8, 4) is 0 Å². The van der Waals surface area contributed by atoms with Crippen molar-refractivity contribution in [3.63, 3.8) is 0 Å². The highest BCUT2D eigenvalue weighted by molar-refractivity contribution is 5.86. The Morgan fingerprint density at radius 3 is 2.62 bits per heavy atom. The predicted molar refractivity (Wildman–Crippen MR) is 81.8 cm³/mol. The van der Waals surface area contributed by atoms with Crippen LogP contribution in [0.1, 0.15) is 57.8 Å². The third kappa shape index (κ3) is 4.58. The number of allylic oxidation sites excluding steroid dienone is 1. The highest BCUT2D eigenvalue weighted by Crippen LogP contribution is 2.42. The van der Waals surface area contributed by atoms with Crippen LogP contribution in [0.2, 0.25) is 0 Å². The summed E-state index contributed by atoms with van der Waals surface area (Å²) in [7, 11) is 0. The summed E-state index contributed by atoms with van der Waals surface area (Å²) in [5, 5.41) is 12.2. The molecule has 0 spiro atoms. The van der Waals surface area contributed by atoms with Crippen LogP contribution in [-0.2, 0) is 9.59 Å². The summed E-state index contributed by atoms with van der Waals surface area (Å²) in [5.41, 5.74) is 0. The molecule has 0 aromatic carbocycles. The van der Waals surface area contributed by atoms with Crippen LogP contribution in [0.4, 0.5) is 0 Å². The number of hydrogen-bond acceptors (Lipinski definition) is 2. The number of carbonyl (C=O) groups is 2. The van der Waals surface area contributed by atoms with Gasteiger partial charge in [-0.25, -0.2) is 4.79 Å². The Bertz CT molecular complexity index is 387. The molecule has 0 heterocycles. The van der Waals surface area contributed by atoms with Crippen LogP contribution in [0.25, 0.3) is 0 Å². The number of carbonyl (C=O) groups excluding carboxylic acids is 1. The van der Waals surface area contributed by atoms with Crippen molar-refractivity contribution in [2.45, 2.75) is 63.8 Å². The van der Waals surface area contributed by atoms with Gasteiger partial charge >= 0.3 is 5.97 Å². The Morgan fingerprint density at radius 2 is 2.00 bits per heavy atom. The molecule has 4 nitrogen and oxygen atoms in total. The summed E-state index contributed by atoms with van der Waals surface area (Å²) in [4.78, 5) is 23.7.